The summed E-state index contributed by atoms with van der Waals surface area (Å²) < 4.78 is 18.7. The van der Waals surface area contributed by atoms with Crippen LogP contribution in [0.25, 0.3) is 11.3 Å². The van der Waals surface area contributed by atoms with Crippen LogP contribution in [0.5, 0.6) is 0 Å². The lowest BCUT2D eigenvalue weighted by Gasteiger charge is -2.25. The van der Waals surface area contributed by atoms with Crippen molar-refractivity contribution < 1.29 is 18.5 Å². The van der Waals surface area contributed by atoms with Crippen LogP contribution in [0.2, 0.25) is 0 Å². The van der Waals surface area contributed by atoms with Crippen LogP contribution in [0.15, 0.2) is 65.2 Å². The van der Waals surface area contributed by atoms with E-state index in [1.165, 1.54) is 29.2 Å². The molecule has 0 radical (unpaired) electrons. The number of carbonyl (C=O) groups is 2. The molecule has 7 nitrogen and oxygen atoms in total. The number of carbonyl (C=O) groups excluding carboxylic acids is 2. The summed E-state index contributed by atoms with van der Waals surface area (Å²) in [6.45, 7) is 0.968. The lowest BCUT2D eigenvalue weighted by atomic mass is 10.1. The topological polar surface area (TPSA) is 92.7 Å². The van der Waals surface area contributed by atoms with Crippen molar-refractivity contribution in [3.8, 4) is 11.3 Å². The van der Waals surface area contributed by atoms with Gasteiger partial charge in [-0.05, 0) is 44.3 Å². The molecule has 0 aliphatic rings. The Morgan fingerprint density at radius 1 is 1.06 bits per heavy atom. The molecular formula is C24H27FN4O3. The molecular weight excluding hydrogens is 411 g/mol. The summed E-state index contributed by atoms with van der Waals surface area (Å²) in [5.41, 5.74) is 7.57. The van der Waals surface area contributed by atoms with Crippen LogP contribution in [0.3, 0.4) is 0 Å². The number of aryl methyl sites for hydroxylation is 1. The standard InChI is InChI=1S/C24H27FN4O3/c1-28(14-5-8-21-16-22(27-32-21)18-6-3-2-4-7-18)17-24(31)29(15-13-23(26)30)20-11-9-19(25)10-12-20/h2-4,6-7,9-12,16H,5,8,13-15,17H2,1H3,(H2,26,30). The van der Waals surface area contributed by atoms with Gasteiger partial charge in [0.2, 0.25) is 11.8 Å². The minimum Gasteiger partial charge on any atom is -0.370 e. The van der Waals surface area contributed by atoms with Crippen LogP contribution in [0.1, 0.15) is 18.6 Å². The second-order valence-electron chi connectivity index (χ2n) is 7.62. The minimum absolute atomic E-state index is 0.0298. The number of anilines is 1. The molecule has 8 heteroatoms. The third kappa shape index (κ3) is 6.75. The highest BCUT2D eigenvalue weighted by molar-refractivity contribution is 5.95. The molecule has 0 unspecified atom stereocenters. The minimum atomic E-state index is -0.500. The van der Waals surface area contributed by atoms with E-state index in [-0.39, 0.29) is 25.4 Å². The van der Waals surface area contributed by atoms with Gasteiger partial charge < -0.3 is 15.2 Å². The fraction of sp³-hybridized carbons (Fsp3) is 0.292. The smallest absolute Gasteiger partial charge is 0.241 e. The molecule has 168 valence electrons. The first kappa shape index (κ1) is 23.1. The second kappa shape index (κ2) is 11.2. The molecule has 0 aliphatic heterocycles. The van der Waals surface area contributed by atoms with Gasteiger partial charge in [0.25, 0.3) is 0 Å². The number of aromatic nitrogens is 1. The van der Waals surface area contributed by atoms with E-state index in [1.54, 1.807) is 0 Å². The summed E-state index contributed by atoms with van der Waals surface area (Å²) in [7, 11) is 1.85. The molecule has 3 aromatic rings. The molecule has 1 aromatic heterocycles. The van der Waals surface area contributed by atoms with Gasteiger partial charge in [-0.15, -0.1) is 0 Å². The lowest BCUT2D eigenvalue weighted by molar-refractivity contribution is -0.119. The molecule has 0 spiro atoms. The van der Waals surface area contributed by atoms with Crippen molar-refractivity contribution in [3.05, 3.63) is 72.2 Å². The third-order valence-corrected chi connectivity index (χ3v) is 5.02. The van der Waals surface area contributed by atoms with E-state index in [0.29, 0.717) is 18.7 Å². The molecule has 2 N–H and O–H groups in total. The normalized spacial score (nSPS) is 11.0. The second-order valence-corrected chi connectivity index (χ2v) is 7.62. The molecule has 0 fully saturated rings. The molecule has 0 saturated heterocycles. The molecule has 0 atom stereocenters. The number of benzene rings is 2. The largest absolute Gasteiger partial charge is 0.370 e. The van der Waals surface area contributed by atoms with Crippen molar-refractivity contribution in [3.63, 3.8) is 0 Å². The van der Waals surface area contributed by atoms with Crippen molar-refractivity contribution in [2.75, 3.05) is 31.6 Å². The van der Waals surface area contributed by atoms with E-state index in [0.717, 1.165) is 23.4 Å². The number of hydrogen-bond donors (Lipinski definition) is 1. The maximum absolute atomic E-state index is 13.3. The van der Waals surface area contributed by atoms with Gasteiger partial charge in [0.15, 0.2) is 0 Å². The number of nitrogens with zero attached hydrogens (tertiary/aromatic N) is 3. The van der Waals surface area contributed by atoms with Crippen LogP contribution >= 0.6 is 0 Å². The van der Waals surface area contributed by atoms with Crippen molar-refractivity contribution in [2.24, 2.45) is 5.73 Å². The van der Waals surface area contributed by atoms with Crippen molar-refractivity contribution in [1.29, 1.82) is 0 Å². The van der Waals surface area contributed by atoms with Gasteiger partial charge in [-0.1, -0.05) is 35.5 Å². The number of halogens is 1. The first-order chi connectivity index (χ1) is 15.4. The first-order valence-electron chi connectivity index (χ1n) is 10.5. The fourth-order valence-electron chi connectivity index (χ4n) is 3.34. The molecule has 0 saturated carbocycles. The zero-order valence-corrected chi connectivity index (χ0v) is 18.0. The van der Waals surface area contributed by atoms with E-state index >= 15 is 0 Å². The summed E-state index contributed by atoms with van der Waals surface area (Å²) in [5, 5.41) is 4.12. The highest BCUT2D eigenvalue weighted by Crippen LogP contribution is 2.19. The molecule has 2 amide bonds. The first-order valence-corrected chi connectivity index (χ1v) is 10.5. The van der Waals surface area contributed by atoms with Gasteiger partial charge in [-0.2, -0.15) is 0 Å². The average molecular weight is 439 g/mol. The Morgan fingerprint density at radius 2 is 1.78 bits per heavy atom. The Labute approximate surface area is 186 Å². The van der Waals surface area contributed by atoms with E-state index < -0.39 is 11.7 Å². The highest BCUT2D eigenvalue weighted by atomic mass is 19.1. The monoisotopic (exact) mass is 438 g/mol. The van der Waals surface area contributed by atoms with Crippen LogP contribution in [0, 0.1) is 5.82 Å². The summed E-state index contributed by atoms with van der Waals surface area (Å²) in [5.74, 6) is -0.291. The van der Waals surface area contributed by atoms with Gasteiger partial charge in [0, 0.05) is 36.7 Å². The summed E-state index contributed by atoms with van der Waals surface area (Å²) in [6, 6.07) is 17.3. The van der Waals surface area contributed by atoms with Crippen LogP contribution < -0.4 is 10.6 Å². The SMILES string of the molecule is CN(CCCc1cc(-c2ccccc2)no1)CC(=O)N(CCC(N)=O)c1ccc(F)cc1. The van der Waals surface area contributed by atoms with Crippen LogP contribution in [-0.2, 0) is 16.0 Å². The quantitative estimate of drug-likeness (QED) is 0.496. The molecule has 2 aromatic carbocycles. The number of likely N-dealkylation sites (N-methyl/N-ethyl adjacent to an activating group) is 1. The predicted octanol–water partition coefficient (Wildman–Crippen LogP) is 3.25. The molecule has 1 heterocycles. The van der Waals surface area contributed by atoms with Gasteiger partial charge in [-0.3, -0.25) is 14.5 Å². The van der Waals surface area contributed by atoms with Gasteiger partial charge in [0.05, 0.1) is 6.54 Å². The number of primary amides is 1. The van der Waals surface area contributed by atoms with Gasteiger partial charge >= 0.3 is 0 Å². The summed E-state index contributed by atoms with van der Waals surface area (Å²) in [4.78, 5) is 27.4. The summed E-state index contributed by atoms with van der Waals surface area (Å²) >= 11 is 0. The number of hydrogen-bond acceptors (Lipinski definition) is 5. The molecule has 32 heavy (non-hydrogen) atoms. The Hall–Kier alpha value is -3.52. The zero-order valence-electron chi connectivity index (χ0n) is 18.0. The molecule has 3 rings (SSSR count). The molecule has 0 bridgehead atoms. The van der Waals surface area contributed by atoms with E-state index in [4.69, 9.17) is 10.3 Å². The van der Waals surface area contributed by atoms with E-state index in [2.05, 4.69) is 5.16 Å². The Bertz CT molecular complexity index is 1020. The third-order valence-electron chi connectivity index (χ3n) is 5.02. The van der Waals surface area contributed by atoms with Gasteiger partial charge in [0.1, 0.15) is 17.3 Å². The fourth-order valence-corrected chi connectivity index (χ4v) is 3.34. The highest BCUT2D eigenvalue weighted by Gasteiger charge is 2.18. The summed E-state index contributed by atoms with van der Waals surface area (Å²) in [6.07, 6.45) is 1.51. The van der Waals surface area contributed by atoms with Crippen molar-refractivity contribution >= 4 is 17.5 Å². The number of nitrogens with two attached hydrogens (primary N) is 1. The predicted molar refractivity (Wildman–Crippen MR) is 120 cm³/mol. The van der Waals surface area contributed by atoms with E-state index in [9.17, 15) is 14.0 Å². The average Bonchev–Trinajstić information content (AvgIpc) is 3.24. The van der Waals surface area contributed by atoms with Crippen molar-refractivity contribution in [1.82, 2.24) is 10.1 Å². The van der Waals surface area contributed by atoms with Crippen LogP contribution in [-0.4, -0.2) is 48.6 Å². The molecule has 0 aliphatic carbocycles. The van der Waals surface area contributed by atoms with Gasteiger partial charge in [-0.25, -0.2) is 4.39 Å². The Morgan fingerprint density at radius 3 is 2.47 bits per heavy atom. The Kier molecular flexibility index (Phi) is 8.10. The Balaban J connectivity index is 1.51. The van der Waals surface area contributed by atoms with Crippen LogP contribution in [0.4, 0.5) is 10.1 Å². The maximum Gasteiger partial charge on any atom is 0.241 e. The zero-order chi connectivity index (χ0) is 22.9. The number of amides is 2. The maximum atomic E-state index is 13.3. The lowest BCUT2D eigenvalue weighted by Crippen LogP contribution is -2.41. The number of rotatable bonds is 11. The van der Waals surface area contributed by atoms with E-state index in [1.807, 2.05) is 48.3 Å². The van der Waals surface area contributed by atoms with Crippen molar-refractivity contribution in [2.45, 2.75) is 19.3 Å².